The molecule has 0 amide bonds. The topological polar surface area (TPSA) is 25.2 Å². The third kappa shape index (κ3) is 3.48. The molecule has 1 heterocycles. The highest BCUT2D eigenvalue weighted by Gasteiger charge is 2.07. The highest BCUT2D eigenvalue weighted by Crippen LogP contribution is 2.24. The second-order valence-electron chi connectivity index (χ2n) is 4.88. The lowest BCUT2D eigenvalue weighted by Gasteiger charge is -2.04. The molecule has 6 heteroatoms. The van der Waals surface area contributed by atoms with Gasteiger partial charge >= 0.3 is 0 Å². The number of thiazole rings is 1. The number of aryl methyl sites for hydroxylation is 1. The van der Waals surface area contributed by atoms with Crippen molar-refractivity contribution in [3.8, 4) is 11.1 Å². The fourth-order valence-corrected chi connectivity index (χ4v) is 2.62. The first kappa shape index (κ1) is 15.4. The minimum absolute atomic E-state index is 0.296. The molecule has 3 rings (SSSR count). The third-order valence-electron chi connectivity index (χ3n) is 3.18. The van der Waals surface area contributed by atoms with E-state index in [1.54, 1.807) is 12.3 Å². The van der Waals surface area contributed by atoms with Crippen LogP contribution in [0.5, 0.6) is 0 Å². The maximum Gasteiger partial charge on any atom is 0.209 e. The van der Waals surface area contributed by atoms with Crippen LogP contribution in [-0.2, 0) is 0 Å². The van der Waals surface area contributed by atoms with Crippen LogP contribution in [0.2, 0.25) is 0 Å². The van der Waals surface area contributed by atoms with Gasteiger partial charge < -0.3 is 0 Å². The van der Waals surface area contributed by atoms with E-state index in [4.69, 9.17) is 0 Å². The summed E-state index contributed by atoms with van der Waals surface area (Å²) in [6, 6.07) is 7.89. The van der Waals surface area contributed by atoms with Crippen LogP contribution < -0.4 is 0 Å². The zero-order valence-corrected chi connectivity index (χ0v) is 12.9. The van der Waals surface area contributed by atoms with Crippen LogP contribution in [0.1, 0.15) is 10.4 Å². The molecule has 1 aromatic heterocycles. The van der Waals surface area contributed by atoms with Gasteiger partial charge in [-0.15, -0.1) is 11.3 Å². The fraction of sp³-hybridized carbons (Fsp3) is 0.0588. The zero-order chi connectivity index (χ0) is 16.4. The van der Waals surface area contributed by atoms with E-state index >= 15 is 0 Å². The number of hydrogen-bond donors (Lipinski definition) is 0. The Morgan fingerprint density at radius 1 is 0.957 bits per heavy atom. The summed E-state index contributed by atoms with van der Waals surface area (Å²) in [4.78, 5) is 9.20. The Morgan fingerprint density at radius 3 is 2.26 bits per heavy atom. The molecule has 0 spiro atoms. The van der Waals surface area contributed by atoms with Gasteiger partial charge in [-0.2, -0.15) is 0 Å². The quantitative estimate of drug-likeness (QED) is 0.599. The maximum absolute atomic E-state index is 14.1. The van der Waals surface area contributed by atoms with Gasteiger partial charge in [0.15, 0.2) is 11.6 Å². The average Bonchev–Trinajstić information content (AvgIpc) is 2.94. The van der Waals surface area contributed by atoms with Gasteiger partial charge in [-0.3, -0.25) is 0 Å². The monoisotopic (exact) mass is 332 g/mol. The summed E-state index contributed by atoms with van der Waals surface area (Å²) in [5.74, 6) is -2.39. The number of rotatable bonds is 3. The molecule has 0 saturated carbocycles. The van der Waals surface area contributed by atoms with Crippen LogP contribution in [0.3, 0.4) is 0 Å². The minimum Gasteiger partial charge on any atom is -0.227 e. The van der Waals surface area contributed by atoms with Crippen LogP contribution in [-0.4, -0.2) is 11.2 Å². The van der Waals surface area contributed by atoms with Crippen molar-refractivity contribution < 1.29 is 13.2 Å². The molecule has 3 aromatic rings. The lowest BCUT2D eigenvalue weighted by Crippen LogP contribution is -1.91. The van der Waals surface area contributed by atoms with Crippen molar-refractivity contribution in [1.82, 2.24) is 4.98 Å². The number of benzene rings is 2. The minimum atomic E-state index is -0.965. The standard InChI is InChI=1S/C17H11F3N2S/c1-10-8-21-17(23-10)22-9-13-3-2-11(6-15(13)19)12-4-5-14(18)16(20)7-12/h2-9H,1H3. The van der Waals surface area contributed by atoms with Gasteiger partial charge in [0.25, 0.3) is 0 Å². The van der Waals surface area contributed by atoms with E-state index in [9.17, 15) is 13.2 Å². The van der Waals surface area contributed by atoms with Crippen molar-refractivity contribution in [2.45, 2.75) is 6.92 Å². The molecule has 0 aliphatic rings. The number of nitrogens with zero attached hydrogens (tertiary/aromatic N) is 2. The van der Waals surface area contributed by atoms with E-state index in [1.165, 1.54) is 35.8 Å². The fourth-order valence-electron chi connectivity index (χ4n) is 2.01. The second-order valence-corrected chi connectivity index (χ2v) is 6.09. The van der Waals surface area contributed by atoms with Crippen LogP contribution >= 0.6 is 11.3 Å². The number of aromatic nitrogens is 1. The summed E-state index contributed by atoms with van der Waals surface area (Å²) in [5, 5.41) is 0.548. The predicted octanol–water partition coefficient (Wildman–Crippen LogP) is 5.29. The summed E-state index contributed by atoms with van der Waals surface area (Å²) in [5.41, 5.74) is 1.16. The molecule has 0 fully saturated rings. The molecule has 0 aliphatic heterocycles. The van der Waals surface area contributed by atoms with Crippen molar-refractivity contribution in [1.29, 1.82) is 0 Å². The average molecular weight is 332 g/mol. The highest BCUT2D eigenvalue weighted by atomic mass is 32.1. The molecule has 0 N–H and O–H groups in total. The van der Waals surface area contributed by atoms with Gasteiger partial charge in [0, 0.05) is 22.9 Å². The van der Waals surface area contributed by atoms with Gasteiger partial charge in [-0.05, 0) is 42.3 Å². The summed E-state index contributed by atoms with van der Waals surface area (Å²) in [6.07, 6.45) is 3.09. The van der Waals surface area contributed by atoms with Gasteiger partial charge in [0.05, 0.1) is 0 Å². The molecular formula is C17H11F3N2S. The van der Waals surface area contributed by atoms with E-state index < -0.39 is 17.5 Å². The molecular weight excluding hydrogens is 321 g/mol. The molecule has 0 saturated heterocycles. The Kier molecular flexibility index (Phi) is 4.25. The van der Waals surface area contributed by atoms with E-state index in [0.29, 0.717) is 21.8 Å². The first-order chi connectivity index (χ1) is 11.0. The second kappa shape index (κ2) is 6.34. The van der Waals surface area contributed by atoms with E-state index in [-0.39, 0.29) is 0 Å². The Bertz CT molecular complexity index is 887. The van der Waals surface area contributed by atoms with Crippen molar-refractivity contribution in [2.75, 3.05) is 0 Å². The van der Waals surface area contributed by atoms with Crippen molar-refractivity contribution >= 4 is 22.7 Å². The largest absolute Gasteiger partial charge is 0.227 e. The molecule has 0 bridgehead atoms. The third-order valence-corrected chi connectivity index (χ3v) is 4.00. The predicted molar refractivity (Wildman–Crippen MR) is 85.9 cm³/mol. The number of hydrogen-bond acceptors (Lipinski definition) is 3. The van der Waals surface area contributed by atoms with E-state index in [0.717, 1.165) is 17.0 Å². The molecule has 116 valence electrons. The summed E-state index contributed by atoms with van der Waals surface area (Å²) in [6.45, 7) is 1.91. The first-order valence-electron chi connectivity index (χ1n) is 6.74. The summed E-state index contributed by atoms with van der Waals surface area (Å²) in [7, 11) is 0. The molecule has 2 nitrogen and oxygen atoms in total. The Labute approximate surface area is 135 Å². The number of aliphatic imine (C=N–C) groups is 1. The molecule has 0 atom stereocenters. The van der Waals surface area contributed by atoms with E-state index in [2.05, 4.69) is 9.98 Å². The van der Waals surface area contributed by atoms with Gasteiger partial charge in [-0.25, -0.2) is 23.1 Å². The first-order valence-corrected chi connectivity index (χ1v) is 7.56. The van der Waals surface area contributed by atoms with Gasteiger partial charge in [0.1, 0.15) is 5.82 Å². The molecule has 23 heavy (non-hydrogen) atoms. The van der Waals surface area contributed by atoms with Crippen molar-refractivity contribution in [2.24, 2.45) is 4.99 Å². The Morgan fingerprint density at radius 2 is 1.65 bits per heavy atom. The SMILES string of the molecule is Cc1cnc(N=Cc2ccc(-c3ccc(F)c(F)c3)cc2F)s1. The lowest BCUT2D eigenvalue weighted by molar-refractivity contribution is 0.509. The normalized spacial score (nSPS) is 11.3. The van der Waals surface area contributed by atoms with Crippen LogP contribution in [0, 0.1) is 24.4 Å². The zero-order valence-electron chi connectivity index (χ0n) is 12.1. The van der Waals surface area contributed by atoms with Crippen LogP contribution in [0.25, 0.3) is 11.1 Å². The maximum atomic E-state index is 14.1. The smallest absolute Gasteiger partial charge is 0.209 e. The number of halogens is 3. The molecule has 2 aromatic carbocycles. The molecule has 0 aliphatic carbocycles. The summed E-state index contributed by atoms with van der Waals surface area (Å²) >= 11 is 1.41. The van der Waals surface area contributed by atoms with Crippen molar-refractivity contribution in [3.05, 3.63) is 70.5 Å². The van der Waals surface area contributed by atoms with Crippen LogP contribution in [0.4, 0.5) is 18.3 Å². The Hall–Kier alpha value is -2.47. The van der Waals surface area contributed by atoms with E-state index in [1.807, 2.05) is 6.92 Å². The Balaban J connectivity index is 1.88. The van der Waals surface area contributed by atoms with Gasteiger partial charge in [0.2, 0.25) is 5.13 Å². The van der Waals surface area contributed by atoms with Gasteiger partial charge in [-0.1, -0.05) is 12.1 Å². The van der Waals surface area contributed by atoms with Crippen LogP contribution in [0.15, 0.2) is 47.6 Å². The highest BCUT2D eigenvalue weighted by molar-refractivity contribution is 7.15. The lowest BCUT2D eigenvalue weighted by atomic mass is 10.0. The molecule has 0 radical (unpaired) electrons. The van der Waals surface area contributed by atoms with Crippen molar-refractivity contribution in [3.63, 3.8) is 0 Å². The summed E-state index contributed by atoms with van der Waals surface area (Å²) < 4.78 is 40.4. The molecule has 0 unspecified atom stereocenters.